The molecule has 0 spiro atoms. The lowest BCUT2D eigenvalue weighted by Crippen LogP contribution is -2.27. The van der Waals surface area contributed by atoms with E-state index in [4.69, 9.17) is 11.6 Å². The highest BCUT2D eigenvalue weighted by Crippen LogP contribution is 2.06. The molecule has 1 N–H and O–H groups in total. The molecule has 15 heavy (non-hydrogen) atoms. The minimum absolute atomic E-state index is 0.0344. The number of hydrogen-bond acceptors (Lipinski definition) is 1. The van der Waals surface area contributed by atoms with Crippen molar-refractivity contribution in [3.8, 4) is 0 Å². The summed E-state index contributed by atoms with van der Waals surface area (Å²) in [5.74, 6) is 0.641. The molecule has 2 nitrogen and oxygen atoms in total. The van der Waals surface area contributed by atoms with Gasteiger partial charge in [-0.15, -0.1) is 11.6 Å². The second-order valence-corrected chi connectivity index (χ2v) is 4.09. The quantitative estimate of drug-likeness (QED) is 0.785. The summed E-state index contributed by atoms with van der Waals surface area (Å²) in [6.45, 7) is 4.34. The van der Waals surface area contributed by atoms with Crippen LogP contribution >= 0.6 is 11.6 Å². The minimum atomic E-state index is 0.0344. The van der Waals surface area contributed by atoms with Gasteiger partial charge in [-0.25, -0.2) is 0 Å². The normalized spacial score (nSPS) is 10.4. The number of nitrogens with one attached hydrogen (secondary N) is 1. The molecule has 0 radical (unpaired) electrons. The highest BCUT2D eigenvalue weighted by Gasteiger charge is 2.05. The Labute approximate surface area is 95.6 Å². The molecular weight excluding hydrogens is 210 g/mol. The zero-order valence-corrected chi connectivity index (χ0v) is 9.84. The monoisotopic (exact) mass is 225 g/mol. The molecule has 0 aliphatic carbocycles. The van der Waals surface area contributed by atoms with Crippen LogP contribution in [0.15, 0.2) is 24.3 Å². The van der Waals surface area contributed by atoms with Crippen LogP contribution in [0.2, 0.25) is 0 Å². The summed E-state index contributed by atoms with van der Waals surface area (Å²) in [6, 6.07) is 7.92. The van der Waals surface area contributed by atoms with E-state index >= 15 is 0 Å². The Bertz CT molecular complexity index is 319. The van der Waals surface area contributed by atoms with E-state index in [1.165, 1.54) is 0 Å². The summed E-state index contributed by atoms with van der Waals surface area (Å²) in [7, 11) is 0. The van der Waals surface area contributed by atoms with Gasteiger partial charge in [0.15, 0.2) is 0 Å². The Balaban J connectivity index is 2.47. The molecule has 0 bridgehead atoms. The van der Waals surface area contributed by atoms with Crippen LogP contribution in [0, 0.1) is 5.92 Å². The summed E-state index contributed by atoms with van der Waals surface area (Å²) in [6.07, 6.45) is 0. The number of carbonyl (C=O) groups excluding carboxylic acids is 1. The number of alkyl halides is 1. The second-order valence-electron chi connectivity index (χ2n) is 3.82. The number of benzene rings is 1. The molecule has 1 aromatic rings. The maximum absolute atomic E-state index is 11.3. The zero-order valence-electron chi connectivity index (χ0n) is 9.09. The van der Waals surface area contributed by atoms with Crippen LogP contribution in [0.25, 0.3) is 0 Å². The van der Waals surface area contributed by atoms with Gasteiger partial charge in [0.05, 0.1) is 0 Å². The molecule has 0 atom stereocenters. The van der Waals surface area contributed by atoms with Gasteiger partial charge in [-0.1, -0.05) is 38.1 Å². The van der Waals surface area contributed by atoms with Gasteiger partial charge in [0.1, 0.15) is 0 Å². The predicted octanol–water partition coefficient (Wildman–Crippen LogP) is 2.70. The Morgan fingerprint density at radius 1 is 1.27 bits per heavy atom. The van der Waals surface area contributed by atoms with E-state index in [9.17, 15) is 4.79 Å². The first-order chi connectivity index (χ1) is 7.13. The van der Waals surface area contributed by atoms with Crippen molar-refractivity contribution in [1.82, 2.24) is 5.32 Å². The fourth-order valence-corrected chi connectivity index (χ4v) is 1.32. The molecule has 0 aliphatic heterocycles. The summed E-state index contributed by atoms with van der Waals surface area (Å²) in [5, 5.41) is 2.86. The van der Waals surface area contributed by atoms with Crippen molar-refractivity contribution in [2.45, 2.75) is 26.3 Å². The fraction of sp³-hybridized carbons (Fsp3) is 0.417. The van der Waals surface area contributed by atoms with E-state index in [1.807, 2.05) is 38.1 Å². The van der Waals surface area contributed by atoms with Crippen LogP contribution in [-0.4, -0.2) is 5.91 Å². The molecule has 1 rings (SSSR count). The van der Waals surface area contributed by atoms with E-state index in [2.05, 4.69) is 5.32 Å². The molecule has 0 unspecified atom stereocenters. The van der Waals surface area contributed by atoms with Gasteiger partial charge >= 0.3 is 0 Å². The molecule has 1 amide bonds. The first kappa shape index (κ1) is 12.1. The summed E-state index contributed by atoms with van der Waals surface area (Å²) in [4.78, 5) is 11.3. The third-order valence-corrected chi connectivity index (χ3v) is 2.48. The Kier molecular flexibility index (Phi) is 4.63. The molecule has 1 aromatic carbocycles. The van der Waals surface area contributed by atoms with Gasteiger partial charge in [-0.2, -0.15) is 0 Å². The maximum Gasteiger partial charge on any atom is 0.222 e. The molecule has 0 heterocycles. The topological polar surface area (TPSA) is 29.1 Å². The predicted molar refractivity (Wildman–Crippen MR) is 62.7 cm³/mol. The van der Waals surface area contributed by atoms with Gasteiger partial charge in [-0.3, -0.25) is 4.79 Å². The lowest BCUT2D eigenvalue weighted by Gasteiger charge is -2.07. The van der Waals surface area contributed by atoms with Crippen molar-refractivity contribution in [1.29, 1.82) is 0 Å². The third-order valence-electron chi connectivity index (χ3n) is 2.17. The van der Waals surface area contributed by atoms with Crippen LogP contribution < -0.4 is 5.32 Å². The molecular formula is C12H16ClNO. The molecule has 0 aliphatic rings. The van der Waals surface area contributed by atoms with Crippen molar-refractivity contribution in [3.63, 3.8) is 0 Å². The van der Waals surface area contributed by atoms with Crippen molar-refractivity contribution < 1.29 is 4.79 Å². The van der Waals surface area contributed by atoms with Gasteiger partial charge in [0.2, 0.25) is 5.91 Å². The van der Waals surface area contributed by atoms with E-state index in [-0.39, 0.29) is 11.8 Å². The van der Waals surface area contributed by atoms with Crippen molar-refractivity contribution in [3.05, 3.63) is 35.4 Å². The third kappa shape index (κ3) is 3.92. The minimum Gasteiger partial charge on any atom is -0.352 e. The highest BCUT2D eigenvalue weighted by atomic mass is 35.5. The Morgan fingerprint density at radius 2 is 1.80 bits per heavy atom. The van der Waals surface area contributed by atoms with E-state index < -0.39 is 0 Å². The largest absolute Gasteiger partial charge is 0.352 e. The second kappa shape index (κ2) is 5.76. The van der Waals surface area contributed by atoms with Crippen LogP contribution in [0.5, 0.6) is 0 Å². The smallest absolute Gasteiger partial charge is 0.222 e. The number of carbonyl (C=O) groups is 1. The highest BCUT2D eigenvalue weighted by molar-refractivity contribution is 6.17. The van der Waals surface area contributed by atoms with Gasteiger partial charge in [0.25, 0.3) is 0 Å². The first-order valence-corrected chi connectivity index (χ1v) is 5.58. The zero-order chi connectivity index (χ0) is 11.3. The molecule has 0 saturated carbocycles. The molecule has 0 saturated heterocycles. The van der Waals surface area contributed by atoms with Crippen molar-refractivity contribution in [2.24, 2.45) is 5.92 Å². The summed E-state index contributed by atoms with van der Waals surface area (Å²) >= 11 is 5.68. The molecule has 0 aromatic heterocycles. The number of amides is 1. The van der Waals surface area contributed by atoms with Crippen LogP contribution in [0.4, 0.5) is 0 Å². The van der Waals surface area contributed by atoms with Crippen LogP contribution in [0.3, 0.4) is 0 Å². The SMILES string of the molecule is CC(C)C(=O)NCc1ccc(CCl)cc1. The first-order valence-electron chi connectivity index (χ1n) is 5.05. The fourth-order valence-electron chi connectivity index (χ4n) is 1.14. The van der Waals surface area contributed by atoms with E-state index in [0.717, 1.165) is 11.1 Å². The van der Waals surface area contributed by atoms with Crippen LogP contribution in [0.1, 0.15) is 25.0 Å². The van der Waals surface area contributed by atoms with E-state index in [0.29, 0.717) is 12.4 Å². The number of hydrogen-bond donors (Lipinski definition) is 1. The Hall–Kier alpha value is -1.02. The lowest BCUT2D eigenvalue weighted by atomic mass is 10.1. The van der Waals surface area contributed by atoms with Crippen LogP contribution in [-0.2, 0) is 17.2 Å². The van der Waals surface area contributed by atoms with E-state index in [1.54, 1.807) is 0 Å². The van der Waals surface area contributed by atoms with Gasteiger partial charge in [0, 0.05) is 18.3 Å². The van der Waals surface area contributed by atoms with Gasteiger partial charge in [-0.05, 0) is 11.1 Å². The average Bonchev–Trinajstić information content (AvgIpc) is 2.26. The molecule has 0 fully saturated rings. The van der Waals surface area contributed by atoms with Crippen molar-refractivity contribution >= 4 is 17.5 Å². The number of halogens is 1. The maximum atomic E-state index is 11.3. The average molecular weight is 226 g/mol. The van der Waals surface area contributed by atoms with Crippen molar-refractivity contribution in [2.75, 3.05) is 0 Å². The number of rotatable bonds is 4. The molecule has 82 valence electrons. The standard InChI is InChI=1S/C12H16ClNO/c1-9(2)12(15)14-8-11-5-3-10(7-13)4-6-11/h3-6,9H,7-8H2,1-2H3,(H,14,15). The summed E-state index contributed by atoms with van der Waals surface area (Å²) < 4.78 is 0. The lowest BCUT2D eigenvalue weighted by molar-refractivity contribution is -0.124. The summed E-state index contributed by atoms with van der Waals surface area (Å²) in [5.41, 5.74) is 2.19. The molecule has 3 heteroatoms. The Morgan fingerprint density at radius 3 is 2.27 bits per heavy atom. The van der Waals surface area contributed by atoms with Gasteiger partial charge < -0.3 is 5.32 Å².